The summed E-state index contributed by atoms with van der Waals surface area (Å²) in [6.07, 6.45) is 45.0. The van der Waals surface area contributed by atoms with Gasteiger partial charge in [-0.25, -0.2) is 4.57 Å². The molecule has 0 bridgehead atoms. The van der Waals surface area contributed by atoms with Crippen LogP contribution < -0.4 is 0 Å². The first kappa shape index (κ1) is 53.9. The van der Waals surface area contributed by atoms with E-state index in [0.29, 0.717) is 36.7 Å². The maximum absolute atomic E-state index is 12.7. The molecule has 57 heavy (non-hydrogen) atoms. The van der Waals surface area contributed by atoms with Gasteiger partial charge in [0.2, 0.25) is 0 Å². The zero-order chi connectivity index (χ0) is 42.3. The lowest BCUT2D eigenvalue weighted by atomic mass is 10.1. The first-order chi connectivity index (χ1) is 27.4. The highest BCUT2D eigenvalue weighted by molar-refractivity contribution is 7.47. The van der Waals surface area contributed by atoms with Crippen molar-refractivity contribution in [2.24, 2.45) is 0 Å². The van der Waals surface area contributed by atoms with E-state index in [2.05, 4.69) is 68.5 Å². The minimum Gasteiger partial charge on any atom is -0.462 e. The minimum absolute atomic E-state index is 0.000720. The second-order valence-corrected chi connectivity index (χ2v) is 16.3. The van der Waals surface area contributed by atoms with E-state index in [9.17, 15) is 24.2 Å². The predicted octanol–water partition coefficient (Wildman–Crippen LogP) is 10.8. The van der Waals surface area contributed by atoms with Crippen LogP contribution in [0.5, 0.6) is 0 Å². The van der Waals surface area contributed by atoms with Gasteiger partial charge in [0.15, 0.2) is 6.10 Å². The zero-order valence-electron chi connectivity index (χ0n) is 35.9. The number of nitrogens with zero attached hydrogens (tertiary/aromatic N) is 1. The van der Waals surface area contributed by atoms with Gasteiger partial charge in [-0.05, 0) is 83.5 Å². The van der Waals surface area contributed by atoms with E-state index in [1.54, 1.807) is 6.08 Å². The molecule has 1 unspecified atom stereocenters. The fraction of sp³-hybridized carbons (Fsp3) is 0.609. The Kier molecular flexibility index (Phi) is 35.2. The van der Waals surface area contributed by atoms with Crippen LogP contribution in [0.2, 0.25) is 0 Å². The summed E-state index contributed by atoms with van der Waals surface area (Å²) in [5, 5.41) is 10.0. The number of hydrogen-bond donors (Lipinski definition) is 2. The number of hydrogen-bond acceptors (Lipinski definition) is 8. The lowest BCUT2D eigenvalue weighted by molar-refractivity contribution is -0.870. The lowest BCUT2D eigenvalue weighted by Crippen LogP contribution is -2.37. The highest BCUT2D eigenvalue weighted by Crippen LogP contribution is 2.43. The van der Waals surface area contributed by atoms with Gasteiger partial charge in [-0.1, -0.05) is 124 Å². The van der Waals surface area contributed by atoms with Gasteiger partial charge in [-0.2, -0.15) is 0 Å². The van der Waals surface area contributed by atoms with Crippen molar-refractivity contribution in [1.82, 2.24) is 0 Å². The molecule has 2 N–H and O–H groups in total. The lowest BCUT2D eigenvalue weighted by Gasteiger charge is -2.24. The molecule has 0 aromatic carbocycles. The maximum Gasteiger partial charge on any atom is 0.472 e. The van der Waals surface area contributed by atoms with Crippen LogP contribution >= 0.6 is 7.82 Å². The van der Waals surface area contributed by atoms with Crippen molar-refractivity contribution < 1.29 is 47.2 Å². The Morgan fingerprint density at radius 2 is 1.21 bits per heavy atom. The molecule has 0 heterocycles. The Labute approximate surface area is 346 Å². The van der Waals surface area contributed by atoms with Crippen LogP contribution in [-0.4, -0.2) is 86.1 Å². The largest absolute Gasteiger partial charge is 0.472 e. The monoisotopic (exact) mass is 819 g/mol. The van der Waals surface area contributed by atoms with Crippen molar-refractivity contribution in [3.8, 4) is 0 Å². The number of esters is 2. The number of phosphoric ester groups is 1. The summed E-state index contributed by atoms with van der Waals surface area (Å²) in [5.74, 6) is -0.965. The van der Waals surface area contributed by atoms with E-state index in [1.807, 2.05) is 57.6 Å². The van der Waals surface area contributed by atoms with Gasteiger partial charge in [-0.15, -0.1) is 0 Å². The molecule has 10 nitrogen and oxygen atoms in total. The molecule has 3 atom stereocenters. The van der Waals surface area contributed by atoms with Crippen molar-refractivity contribution in [2.45, 2.75) is 135 Å². The molecule has 0 aromatic rings. The number of allylic oxidation sites excluding steroid dienone is 14. The number of carbonyl (C=O) groups excluding carboxylic acids is 2. The van der Waals surface area contributed by atoms with Gasteiger partial charge in [0.1, 0.15) is 19.8 Å². The summed E-state index contributed by atoms with van der Waals surface area (Å²) in [5.41, 5.74) is 0. The fourth-order valence-corrected chi connectivity index (χ4v) is 5.59. The number of unbranched alkanes of at least 4 members (excludes halogenated alkanes) is 6. The first-order valence-corrected chi connectivity index (χ1v) is 22.6. The predicted molar refractivity (Wildman–Crippen MR) is 234 cm³/mol. The summed E-state index contributed by atoms with van der Waals surface area (Å²) in [6, 6.07) is 0. The first-order valence-electron chi connectivity index (χ1n) is 21.1. The third kappa shape index (κ3) is 40.9. The summed E-state index contributed by atoms with van der Waals surface area (Å²) in [4.78, 5) is 35.3. The third-order valence-corrected chi connectivity index (χ3v) is 9.16. The van der Waals surface area contributed by atoms with Gasteiger partial charge in [0.05, 0.1) is 33.9 Å². The van der Waals surface area contributed by atoms with E-state index in [0.717, 1.165) is 51.4 Å². The van der Waals surface area contributed by atoms with Crippen LogP contribution in [0.1, 0.15) is 123 Å². The summed E-state index contributed by atoms with van der Waals surface area (Å²) in [7, 11) is 1.37. The van der Waals surface area contributed by atoms with Crippen molar-refractivity contribution in [2.75, 3.05) is 47.5 Å². The molecule has 0 fully saturated rings. The Morgan fingerprint density at radius 1 is 0.649 bits per heavy atom. The Hall–Kier alpha value is -3.11. The molecular formula is C46H77NO9P+. The number of ether oxygens (including phenoxy) is 2. The van der Waals surface area contributed by atoms with E-state index in [-0.39, 0.29) is 26.1 Å². The number of aliphatic hydroxyl groups is 1. The molecule has 0 saturated carbocycles. The molecule has 0 radical (unpaired) electrons. The van der Waals surface area contributed by atoms with Crippen LogP contribution in [0.25, 0.3) is 0 Å². The van der Waals surface area contributed by atoms with Crippen molar-refractivity contribution >= 4 is 19.8 Å². The van der Waals surface area contributed by atoms with Gasteiger partial charge < -0.3 is 24.0 Å². The Morgan fingerprint density at radius 3 is 1.84 bits per heavy atom. The molecule has 0 spiro atoms. The Balaban J connectivity index is 4.64. The van der Waals surface area contributed by atoms with E-state index < -0.39 is 38.6 Å². The average Bonchev–Trinajstić information content (AvgIpc) is 3.15. The molecule has 0 saturated heterocycles. The van der Waals surface area contributed by atoms with Gasteiger partial charge in [0.25, 0.3) is 0 Å². The molecule has 0 aliphatic heterocycles. The highest BCUT2D eigenvalue weighted by atomic mass is 31.2. The fourth-order valence-electron chi connectivity index (χ4n) is 4.84. The normalized spacial score (nSPS) is 15.1. The van der Waals surface area contributed by atoms with Gasteiger partial charge in [-0.3, -0.25) is 18.6 Å². The topological polar surface area (TPSA) is 129 Å². The van der Waals surface area contributed by atoms with Gasteiger partial charge >= 0.3 is 19.8 Å². The number of carbonyl (C=O) groups is 2. The standard InChI is InChI=1S/C46H76NO9P/c1-6-8-10-12-14-15-16-17-18-19-20-21-26-30-34-38-46(50)56-44(42-55-57(51,52)54-40-39-47(3,4)5)41-53-45(49)37-33-29-25-23-22-24-28-32-36-43(48)35-31-27-13-11-9-7-2/h8,10,14-15,17-18,20-21,23-25,27-28,31-32,36,43-44,48H,6-7,9,11-13,16,19,22,26,29-30,33-35,37-42H2,1-5H3/p+1/b10-8-,15-14-,18-17-,21-20-,25-23-,28-24-,31-27-,36-32+/t43-,44-/m1/s1. The quantitative estimate of drug-likeness (QED) is 0.0159. The number of quaternary nitrogens is 1. The number of likely N-dealkylation sites (N-methyl/N-ethyl adjacent to an activating group) is 1. The van der Waals surface area contributed by atoms with Crippen LogP contribution in [-0.2, 0) is 32.7 Å². The molecule has 324 valence electrons. The van der Waals surface area contributed by atoms with Crippen LogP contribution in [0.3, 0.4) is 0 Å². The maximum atomic E-state index is 12.7. The van der Waals surface area contributed by atoms with Crippen LogP contribution in [0, 0.1) is 0 Å². The van der Waals surface area contributed by atoms with Gasteiger partial charge in [0, 0.05) is 12.8 Å². The van der Waals surface area contributed by atoms with Crippen molar-refractivity contribution in [1.29, 1.82) is 0 Å². The second kappa shape index (κ2) is 37.2. The van der Waals surface area contributed by atoms with Crippen molar-refractivity contribution in [3.63, 3.8) is 0 Å². The smallest absolute Gasteiger partial charge is 0.462 e. The SMILES string of the molecule is CC/C=C\C/C=C\C/C=C\C/C=C\CCCCC(=O)O[C@H](COC(=O)CCC/C=C\C/C=C\C=C\[C@H](O)C/C=C\CCCCC)COP(=O)(O)OCC[N+](C)(C)C. The molecule has 0 rings (SSSR count). The van der Waals surface area contributed by atoms with Crippen LogP contribution in [0.15, 0.2) is 97.2 Å². The molecule has 0 aromatic heterocycles. The third-order valence-electron chi connectivity index (χ3n) is 8.18. The highest BCUT2D eigenvalue weighted by Gasteiger charge is 2.27. The minimum atomic E-state index is -4.42. The molecule has 0 amide bonds. The van der Waals surface area contributed by atoms with E-state index in [4.69, 9.17) is 18.5 Å². The number of aliphatic hydroxyl groups excluding tert-OH is 1. The molecular weight excluding hydrogens is 741 g/mol. The molecule has 0 aliphatic carbocycles. The number of rotatable bonds is 36. The Bertz CT molecular complexity index is 1310. The summed E-state index contributed by atoms with van der Waals surface area (Å²) in [6.45, 7) is 4.03. The van der Waals surface area contributed by atoms with Crippen LogP contribution in [0.4, 0.5) is 0 Å². The molecule has 0 aliphatic rings. The van der Waals surface area contributed by atoms with E-state index in [1.165, 1.54) is 19.3 Å². The number of phosphoric acid groups is 1. The molecule has 11 heteroatoms. The summed E-state index contributed by atoms with van der Waals surface area (Å²) >= 11 is 0. The second-order valence-electron chi connectivity index (χ2n) is 14.8. The zero-order valence-corrected chi connectivity index (χ0v) is 36.8. The van der Waals surface area contributed by atoms with E-state index >= 15 is 0 Å². The summed E-state index contributed by atoms with van der Waals surface area (Å²) < 4.78 is 34.1. The average molecular weight is 819 g/mol. The van der Waals surface area contributed by atoms with Crippen molar-refractivity contribution in [3.05, 3.63) is 97.2 Å².